The average Bonchev–Trinajstić information content (AvgIpc) is 2.49. The van der Waals surface area contributed by atoms with E-state index in [1.165, 1.54) is 11.1 Å². The first-order valence-electron chi connectivity index (χ1n) is 7.03. The number of rotatable bonds is 3. The molecule has 0 atom stereocenters. The molecular formula is C17H19FN2. The highest BCUT2D eigenvalue weighted by molar-refractivity contribution is 5.30. The van der Waals surface area contributed by atoms with E-state index in [0.717, 1.165) is 25.1 Å². The summed E-state index contributed by atoms with van der Waals surface area (Å²) in [6.45, 7) is 2.77. The Kier molecular flexibility index (Phi) is 3.81. The van der Waals surface area contributed by atoms with Crippen LogP contribution >= 0.6 is 0 Å². The summed E-state index contributed by atoms with van der Waals surface area (Å²) in [7, 11) is 0. The highest BCUT2D eigenvalue weighted by Gasteiger charge is 2.17. The molecule has 2 nitrogen and oxygen atoms in total. The van der Waals surface area contributed by atoms with E-state index in [1.807, 2.05) is 12.1 Å². The molecule has 0 aliphatic carbocycles. The number of nitrogens with zero attached hydrogens (tertiary/aromatic N) is 1. The highest BCUT2D eigenvalue weighted by atomic mass is 19.1. The second-order valence-corrected chi connectivity index (χ2v) is 5.32. The van der Waals surface area contributed by atoms with Crippen LogP contribution in [0.25, 0.3) is 0 Å². The topological polar surface area (TPSA) is 29.3 Å². The van der Waals surface area contributed by atoms with Crippen molar-refractivity contribution in [1.29, 1.82) is 0 Å². The monoisotopic (exact) mass is 270 g/mol. The zero-order valence-electron chi connectivity index (χ0n) is 11.5. The molecule has 1 heterocycles. The van der Waals surface area contributed by atoms with Crippen LogP contribution in [0.3, 0.4) is 0 Å². The van der Waals surface area contributed by atoms with Crippen molar-refractivity contribution >= 4 is 0 Å². The molecule has 0 unspecified atom stereocenters. The Bertz CT molecular complexity index is 610. The molecule has 0 saturated carbocycles. The van der Waals surface area contributed by atoms with Crippen LogP contribution in [0, 0.1) is 5.82 Å². The van der Waals surface area contributed by atoms with Gasteiger partial charge in [0.1, 0.15) is 5.82 Å². The van der Waals surface area contributed by atoms with Crippen LogP contribution in [0.1, 0.15) is 22.3 Å². The van der Waals surface area contributed by atoms with Gasteiger partial charge in [-0.2, -0.15) is 0 Å². The van der Waals surface area contributed by atoms with E-state index in [4.69, 9.17) is 5.73 Å². The molecule has 0 bridgehead atoms. The minimum absolute atomic E-state index is 0.145. The van der Waals surface area contributed by atoms with Gasteiger partial charge in [0, 0.05) is 37.3 Å². The summed E-state index contributed by atoms with van der Waals surface area (Å²) >= 11 is 0. The minimum Gasteiger partial charge on any atom is -0.326 e. The Morgan fingerprint density at radius 1 is 1.00 bits per heavy atom. The largest absolute Gasteiger partial charge is 0.326 e. The minimum atomic E-state index is -0.145. The van der Waals surface area contributed by atoms with Crippen molar-refractivity contribution in [3.63, 3.8) is 0 Å². The van der Waals surface area contributed by atoms with Crippen molar-refractivity contribution in [3.05, 3.63) is 70.5 Å². The van der Waals surface area contributed by atoms with E-state index in [0.29, 0.717) is 12.1 Å². The third-order valence-electron chi connectivity index (χ3n) is 3.98. The lowest BCUT2D eigenvalue weighted by Gasteiger charge is -2.29. The third-order valence-corrected chi connectivity index (χ3v) is 3.98. The summed E-state index contributed by atoms with van der Waals surface area (Å²) in [5.41, 5.74) is 9.67. The summed E-state index contributed by atoms with van der Waals surface area (Å²) in [6.07, 6.45) is 1.04. The Labute approximate surface area is 119 Å². The Morgan fingerprint density at radius 3 is 2.55 bits per heavy atom. The fourth-order valence-corrected chi connectivity index (χ4v) is 2.84. The van der Waals surface area contributed by atoms with E-state index in [1.54, 1.807) is 6.07 Å². The molecule has 3 heteroatoms. The first kappa shape index (κ1) is 13.3. The van der Waals surface area contributed by atoms with Gasteiger partial charge in [-0.3, -0.25) is 4.90 Å². The summed E-state index contributed by atoms with van der Waals surface area (Å²) < 4.78 is 14.2. The van der Waals surface area contributed by atoms with Crippen molar-refractivity contribution < 1.29 is 4.39 Å². The van der Waals surface area contributed by atoms with Crippen molar-refractivity contribution in [2.24, 2.45) is 5.73 Å². The third kappa shape index (κ3) is 2.60. The predicted molar refractivity (Wildman–Crippen MR) is 78.6 cm³/mol. The number of halogens is 1. The Morgan fingerprint density at radius 2 is 1.75 bits per heavy atom. The number of fused-ring (bicyclic) bond motifs is 1. The summed E-state index contributed by atoms with van der Waals surface area (Å²) in [5, 5.41) is 0. The Balaban J connectivity index is 1.77. The standard InChI is InChI=1S/C17H19FN2/c18-17-14(10-19)6-3-7-16(17)12-20-9-8-13-4-1-2-5-15(13)11-20/h1-7H,8-12,19H2. The first-order chi connectivity index (χ1) is 9.78. The lowest BCUT2D eigenvalue weighted by atomic mass is 9.99. The van der Waals surface area contributed by atoms with Crippen molar-refractivity contribution in [2.45, 2.75) is 26.1 Å². The van der Waals surface area contributed by atoms with Crippen LogP contribution in [0.4, 0.5) is 4.39 Å². The van der Waals surface area contributed by atoms with Crippen molar-refractivity contribution in [3.8, 4) is 0 Å². The van der Waals surface area contributed by atoms with Gasteiger partial charge in [-0.05, 0) is 17.5 Å². The molecule has 0 radical (unpaired) electrons. The molecule has 1 aliphatic heterocycles. The predicted octanol–water partition coefficient (Wildman–Crippen LogP) is 2.84. The van der Waals surface area contributed by atoms with Crippen LogP contribution in [0.5, 0.6) is 0 Å². The highest BCUT2D eigenvalue weighted by Crippen LogP contribution is 2.21. The number of nitrogens with two attached hydrogens (primary N) is 1. The number of benzene rings is 2. The molecule has 3 rings (SSSR count). The molecular weight excluding hydrogens is 251 g/mol. The fourth-order valence-electron chi connectivity index (χ4n) is 2.84. The maximum Gasteiger partial charge on any atom is 0.132 e. The van der Waals surface area contributed by atoms with Crippen LogP contribution in [-0.4, -0.2) is 11.4 Å². The van der Waals surface area contributed by atoms with Gasteiger partial charge in [-0.15, -0.1) is 0 Å². The fraction of sp³-hybridized carbons (Fsp3) is 0.294. The number of hydrogen-bond acceptors (Lipinski definition) is 2. The van der Waals surface area contributed by atoms with E-state index in [9.17, 15) is 4.39 Å². The van der Waals surface area contributed by atoms with Crippen molar-refractivity contribution in [2.75, 3.05) is 6.54 Å². The normalized spacial score (nSPS) is 15.1. The average molecular weight is 270 g/mol. The molecule has 0 fully saturated rings. The zero-order valence-corrected chi connectivity index (χ0v) is 11.5. The van der Waals surface area contributed by atoms with Gasteiger partial charge in [-0.25, -0.2) is 4.39 Å². The van der Waals surface area contributed by atoms with Crippen LogP contribution < -0.4 is 5.73 Å². The molecule has 0 spiro atoms. The maximum atomic E-state index is 14.2. The second-order valence-electron chi connectivity index (χ2n) is 5.32. The van der Waals surface area contributed by atoms with Crippen LogP contribution in [0.2, 0.25) is 0 Å². The second kappa shape index (κ2) is 5.73. The zero-order chi connectivity index (χ0) is 13.9. The Hall–Kier alpha value is -1.71. The van der Waals surface area contributed by atoms with Crippen LogP contribution in [-0.2, 0) is 26.1 Å². The lowest BCUT2D eigenvalue weighted by Crippen LogP contribution is -2.30. The molecule has 2 N–H and O–H groups in total. The van der Waals surface area contributed by atoms with Crippen molar-refractivity contribution in [1.82, 2.24) is 4.90 Å². The van der Waals surface area contributed by atoms with Crippen LogP contribution in [0.15, 0.2) is 42.5 Å². The first-order valence-corrected chi connectivity index (χ1v) is 7.03. The van der Waals surface area contributed by atoms with Gasteiger partial charge in [0.2, 0.25) is 0 Å². The molecule has 0 aromatic heterocycles. The lowest BCUT2D eigenvalue weighted by molar-refractivity contribution is 0.242. The molecule has 0 saturated heterocycles. The summed E-state index contributed by atoms with van der Waals surface area (Å²) in [4.78, 5) is 2.29. The van der Waals surface area contributed by atoms with E-state index < -0.39 is 0 Å². The van der Waals surface area contributed by atoms with Gasteiger partial charge in [0.25, 0.3) is 0 Å². The van der Waals surface area contributed by atoms with E-state index in [-0.39, 0.29) is 12.4 Å². The summed E-state index contributed by atoms with van der Waals surface area (Å²) in [5.74, 6) is -0.145. The number of hydrogen-bond donors (Lipinski definition) is 1. The quantitative estimate of drug-likeness (QED) is 0.929. The molecule has 104 valence electrons. The molecule has 0 amide bonds. The van der Waals surface area contributed by atoms with Gasteiger partial charge in [-0.1, -0.05) is 42.5 Å². The van der Waals surface area contributed by atoms with Gasteiger partial charge < -0.3 is 5.73 Å². The molecule has 1 aliphatic rings. The van der Waals surface area contributed by atoms with E-state index >= 15 is 0 Å². The van der Waals surface area contributed by atoms with E-state index in [2.05, 4.69) is 29.2 Å². The summed E-state index contributed by atoms with van der Waals surface area (Å²) in [6, 6.07) is 14.0. The van der Waals surface area contributed by atoms with Gasteiger partial charge in [0.05, 0.1) is 0 Å². The molecule has 2 aromatic rings. The van der Waals surface area contributed by atoms with Gasteiger partial charge >= 0.3 is 0 Å². The van der Waals surface area contributed by atoms with Gasteiger partial charge in [0.15, 0.2) is 0 Å². The molecule has 2 aromatic carbocycles. The maximum absolute atomic E-state index is 14.2. The SMILES string of the molecule is NCc1cccc(CN2CCc3ccccc3C2)c1F. The molecule has 20 heavy (non-hydrogen) atoms. The smallest absolute Gasteiger partial charge is 0.132 e.